The lowest BCUT2D eigenvalue weighted by Crippen LogP contribution is -2.40. The summed E-state index contributed by atoms with van der Waals surface area (Å²) in [6.45, 7) is 3.20. The first-order valence-corrected chi connectivity index (χ1v) is 10.7. The Morgan fingerprint density at radius 3 is 2.58 bits per heavy atom. The van der Waals surface area contributed by atoms with Crippen molar-refractivity contribution in [1.82, 2.24) is 18.7 Å². The standard InChI is InChI=1S/C24H24FN5O3/c1-15-12-28(18-10-6-7-11-19(18)33-3)23-26-21-20(29(23)13-15)22(31)30(24(32)27(21)2)14-16-8-4-5-9-17(16)25/h4-11,15H,12-14H2,1-3H3. The zero-order valence-corrected chi connectivity index (χ0v) is 18.7. The molecule has 1 unspecified atom stereocenters. The fourth-order valence-corrected chi connectivity index (χ4v) is 4.50. The Kier molecular flexibility index (Phi) is 5.03. The van der Waals surface area contributed by atoms with Crippen molar-refractivity contribution in [2.24, 2.45) is 13.0 Å². The molecule has 0 fully saturated rings. The molecule has 4 aromatic rings. The highest BCUT2D eigenvalue weighted by Crippen LogP contribution is 2.37. The molecule has 8 nitrogen and oxygen atoms in total. The number of methoxy groups -OCH3 is 1. The number of benzene rings is 2. The molecule has 0 saturated heterocycles. The van der Waals surface area contributed by atoms with Crippen LogP contribution in [0.1, 0.15) is 12.5 Å². The first-order chi connectivity index (χ1) is 15.9. The Morgan fingerprint density at radius 2 is 1.82 bits per heavy atom. The molecule has 0 radical (unpaired) electrons. The van der Waals surface area contributed by atoms with E-state index in [1.807, 2.05) is 33.7 Å². The maximum Gasteiger partial charge on any atom is 0.332 e. The topological polar surface area (TPSA) is 74.3 Å². The van der Waals surface area contributed by atoms with Gasteiger partial charge in [0.05, 0.1) is 19.3 Å². The van der Waals surface area contributed by atoms with E-state index in [2.05, 4.69) is 6.92 Å². The fourth-order valence-electron chi connectivity index (χ4n) is 4.50. The van der Waals surface area contributed by atoms with Crippen molar-refractivity contribution in [2.75, 3.05) is 18.6 Å². The number of halogens is 1. The lowest BCUT2D eigenvalue weighted by molar-refractivity contribution is 0.409. The van der Waals surface area contributed by atoms with Crippen molar-refractivity contribution in [1.29, 1.82) is 0 Å². The lowest BCUT2D eigenvalue weighted by Gasteiger charge is -2.33. The van der Waals surface area contributed by atoms with Crippen LogP contribution in [0.4, 0.5) is 16.0 Å². The zero-order chi connectivity index (χ0) is 23.3. The second-order valence-electron chi connectivity index (χ2n) is 8.41. The molecule has 33 heavy (non-hydrogen) atoms. The number of ether oxygens (including phenoxy) is 1. The molecule has 170 valence electrons. The molecule has 1 atom stereocenters. The highest BCUT2D eigenvalue weighted by atomic mass is 19.1. The van der Waals surface area contributed by atoms with Gasteiger partial charge in [-0.2, -0.15) is 4.98 Å². The average molecular weight is 449 g/mol. The number of rotatable bonds is 4. The summed E-state index contributed by atoms with van der Waals surface area (Å²) in [6, 6.07) is 13.8. The number of imidazole rings is 1. The molecule has 0 aliphatic carbocycles. The van der Waals surface area contributed by atoms with Gasteiger partial charge in [0.25, 0.3) is 5.56 Å². The minimum absolute atomic E-state index is 0.152. The third kappa shape index (κ3) is 3.31. The van der Waals surface area contributed by atoms with Gasteiger partial charge in [-0.05, 0) is 24.1 Å². The molecular weight excluding hydrogens is 425 g/mol. The first-order valence-electron chi connectivity index (χ1n) is 10.7. The van der Waals surface area contributed by atoms with E-state index in [-0.39, 0.29) is 18.0 Å². The second kappa shape index (κ2) is 7.91. The van der Waals surface area contributed by atoms with Crippen LogP contribution in [0.5, 0.6) is 5.75 Å². The molecule has 0 spiro atoms. The van der Waals surface area contributed by atoms with Gasteiger partial charge in [0.2, 0.25) is 5.95 Å². The Hall–Kier alpha value is -3.88. The number of fused-ring (bicyclic) bond motifs is 3. The number of hydrogen-bond donors (Lipinski definition) is 0. The predicted octanol–water partition coefficient (Wildman–Crippen LogP) is 2.88. The van der Waals surface area contributed by atoms with Crippen LogP contribution in [-0.4, -0.2) is 32.3 Å². The van der Waals surface area contributed by atoms with Crippen molar-refractivity contribution in [2.45, 2.75) is 20.0 Å². The van der Waals surface area contributed by atoms with Crippen LogP contribution >= 0.6 is 0 Å². The minimum Gasteiger partial charge on any atom is -0.495 e. The highest BCUT2D eigenvalue weighted by Gasteiger charge is 2.31. The van der Waals surface area contributed by atoms with E-state index in [4.69, 9.17) is 9.72 Å². The number of aryl methyl sites for hydroxylation is 1. The maximum absolute atomic E-state index is 14.3. The summed E-state index contributed by atoms with van der Waals surface area (Å²) in [5.41, 5.74) is 0.721. The van der Waals surface area contributed by atoms with Gasteiger partial charge < -0.3 is 14.2 Å². The van der Waals surface area contributed by atoms with Crippen LogP contribution in [0, 0.1) is 11.7 Å². The molecule has 2 aromatic carbocycles. The third-order valence-corrected chi connectivity index (χ3v) is 6.10. The summed E-state index contributed by atoms with van der Waals surface area (Å²) in [6.07, 6.45) is 0. The summed E-state index contributed by atoms with van der Waals surface area (Å²) in [4.78, 5) is 33.3. The van der Waals surface area contributed by atoms with Gasteiger partial charge in [0, 0.05) is 25.7 Å². The molecule has 0 bridgehead atoms. The Labute approximate surface area is 189 Å². The van der Waals surface area contributed by atoms with Crippen molar-refractivity contribution >= 4 is 22.8 Å². The van der Waals surface area contributed by atoms with Gasteiger partial charge >= 0.3 is 5.69 Å². The third-order valence-electron chi connectivity index (χ3n) is 6.10. The normalized spacial score (nSPS) is 15.6. The largest absolute Gasteiger partial charge is 0.495 e. The molecule has 0 N–H and O–H groups in total. The monoisotopic (exact) mass is 449 g/mol. The molecule has 9 heteroatoms. The van der Waals surface area contributed by atoms with Crippen LogP contribution in [0.2, 0.25) is 0 Å². The van der Waals surface area contributed by atoms with Crippen LogP contribution in [0.15, 0.2) is 58.1 Å². The smallest absolute Gasteiger partial charge is 0.332 e. The van der Waals surface area contributed by atoms with E-state index in [0.717, 1.165) is 10.3 Å². The Morgan fingerprint density at radius 1 is 1.09 bits per heavy atom. The van der Waals surface area contributed by atoms with E-state index >= 15 is 0 Å². The van der Waals surface area contributed by atoms with Crippen LogP contribution in [0.3, 0.4) is 0 Å². The number of hydrogen-bond acceptors (Lipinski definition) is 5. The summed E-state index contributed by atoms with van der Waals surface area (Å²) in [5.74, 6) is 1.01. The van der Waals surface area contributed by atoms with E-state index in [0.29, 0.717) is 36.0 Å². The number of nitrogens with zero attached hydrogens (tertiary/aromatic N) is 5. The van der Waals surface area contributed by atoms with Crippen LogP contribution in [-0.2, 0) is 20.1 Å². The van der Waals surface area contributed by atoms with Gasteiger partial charge in [-0.15, -0.1) is 0 Å². The fraction of sp³-hybridized carbons (Fsp3) is 0.292. The maximum atomic E-state index is 14.3. The van der Waals surface area contributed by atoms with Crippen LogP contribution < -0.4 is 20.9 Å². The average Bonchev–Trinajstić information content (AvgIpc) is 3.20. The SMILES string of the molecule is COc1ccccc1N1CC(C)Cn2c1nc1c2c(=O)n(Cc2ccccc2F)c(=O)n1C. The highest BCUT2D eigenvalue weighted by molar-refractivity contribution is 5.78. The molecular formula is C24H24FN5O3. The summed E-state index contributed by atoms with van der Waals surface area (Å²) in [7, 11) is 3.19. The van der Waals surface area contributed by atoms with Gasteiger partial charge in [-0.3, -0.25) is 13.9 Å². The molecule has 0 amide bonds. The van der Waals surface area contributed by atoms with Crippen LogP contribution in [0.25, 0.3) is 11.2 Å². The molecule has 5 rings (SSSR count). The summed E-state index contributed by atoms with van der Waals surface area (Å²) < 4.78 is 24.1. The van der Waals surface area contributed by atoms with E-state index in [9.17, 15) is 14.0 Å². The Bertz CT molecular complexity index is 1490. The van der Waals surface area contributed by atoms with E-state index < -0.39 is 17.1 Å². The van der Waals surface area contributed by atoms with Crippen molar-refractivity contribution < 1.29 is 9.13 Å². The molecule has 3 heterocycles. The number of aromatic nitrogens is 4. The van der Waals surface area contributed by atoms with Gasteiger partial charge in [0.15, 0.2) is 11.2 Å². The quantitative estimate of drug-likeness (QED) is 0.479. The van der Waals surface area contributed by atoms with Gasteiger partial charge in [0.1, 0.15) is 11.6 Å². The summed E-state index contributed by atoms with van der Waals surface area (Å²) in [5, 5.41) is 0. The number of para-hydroxylation sites is 2. The summed E-state index contributed by atoms with van der Waals surface area (Å²) >= 11 is 0. The lowest BCUT2D eigenvalue weighted by atomic mass is 10.1. The predicted molar refractivity (Wildman–Crippen MR) is 124 cm³/mol. The minimum atomic E-state index is -0.539. The second-order valence-corrected chi connectivity index (χ2v) is 8.41. The van der Waals surface area contributed by atoms with E-state index in [1.165, 1.54) is 10.6 Å². The number of anilines is 2. The molecule has 0 saturated carbocycles. The zero-order valence-electron chi connectivity index (χ0n) is 18.7. The van der Waals surface area contributed by atoms with Gasteiger partial charge in [-0.1, -0.05) is 37.3 Å². The van der Waals surface area contributed by atoms with Gasteiger partial charge in [-0.25, -0.2) is 9.18 Å². The molecule has 1 aliphatic heterocycles. The van der Waals surface area contributed by atoms with Crippen molar-refractivity contribution in [3.05, 3.63) is 80.7 Å². The molecule has 1 aliphatic rings. The first kappa shape index (κ1) is 21.0. The van der Waals surface area contributed by atoms with Crippen molar-refractivity contribution in [3.8, 4) is 5.75 Å². The van der Waals surface area contributed by atoms with E-state index in [1.54, 1.807) is 32.4 Å². The molecule has 2 aromatic heterocycles. The Balaban J connectivity index is 1.74. The van der Waals surface area contributed by atoms with Crippen molar-refractivity contribution in [3.63, 3.8) is 0 Å².